The summed E-state index contributed by atoms with van der Waals surface area (Å²) in [6.45, 7) is 0.891. The van der Waals surface area contributed by atoms with Crippen molar-refractivity contribution in [3.8, 4) is 0 Å². The highest BCUT2D eigenvalue weighted by molar-refractivity contribution is 5.93. The summed E-state index contributed by atoms with van der Waals surface area (Å²) in [5.41, 5.74) is 2.87. The van der Waals surface area contributed by atoms with Crippen LogP contribution in [0.3, 0.4) is 0 Å². The average molecular weight is 221 g/mol. The standard InChI is InChI=1S/C11H15N3O2/c1-12-9-3-2-8-7-14(4-5-15)11(16)13-10(8)6-9/h2-3,6,12,15H,4-5,7H2,1H3,(H,13,16). The van der Waals surface area contributed by atoms with Crippen molar-refractivity contribution in [3.05, 3.63) is 23.8 Å². The highest BCUT2D eigenvalue weighted by atomic mass is 16.3. The van der Waals surface area contributed by atoms with Crippen LogP contribution in [0.5, 0.6) is 0 Å². The van der Waals surface area contributed by atoms with E-state index in [-0.39, 0.29) is 12.6 Å². The number of amides is 2. The fraction of sp³-hybridized carbons (Fsp3) is 0.364. The SMILES string of the molecule is CNc1ccc2c(c1)NC(=O)N(CCO)C2. The summed E-state index contributed by atoms with van der Waals surface area (Å²) in [4.78, 5) is 13.2. The number of fused-ring (bicyclic) bond motifs is 1. The van der Waals surface area contributed by atoms with Crippen molar-refractivity contribution in [3.63, 3.8) is 0 Å². The second kappa shape index (κ2) is 4.40. The summed E-state index contributed by atoms with van der Waals surface area (Å²) in [5.74, 6) is 0. The van der Waals surface area contributed by atoms with Gasteiger partial charge in [0.25, 0.3) is 0 Å². The number of rotatable bonds is 3. The first-order chi connectivity index (χ1) is 7.74. The van der Waals surface area contributed by atoms with Gasteiger partial charge in [0.15, 0.2) is 0 Å². The van der Waals surface area contributed by atoms with Crippen LogP contribution < -0.4 is 10.6 Å². The van der Waals surface area contributed by atoms with Gasteiger partial charge >= 0.3 is 6.03 Å². The third-order valence-electron chi connectivity index (χ3n) is 2.66. The second-order valence-electron chi connectivity index (χ2n) is 3.70. The zero-order valence-electron chi connectivity index (χ0n) is 9.16. The van der Waals surface area contributed by atoms with Crippen molar-refractivity contribution >= 4 is 17.4 Å². The third-order valence-corrected chi connectivity index (χ3v) is 2.66. The molecule has 1 aliphatic rings. The molecule has 5 nitrogen and oxygen atoms in total. The van der Waals surface area contributed by atoms with Crippen molar-refractivity contribution < 1.29 is 9.90 Å². The molecule has 0 aromatic heterocycles. The number of benzene rings is 1. The van der Waals surface area contributed by atoms with Crippen LogP contribution in [0.2, 0.25) is 0 Å². The molecule has 0 radical (unpaired) electrons. The Morgan fingerprint density at radius 1 is 1.56 bits per heavy atom. The van der Waals surface area contributed by atoms with E-state index in [1.807, 2.05) is 25.2 Å². The lowest BCUT2D eigenvalue weighted by atomic mass is 10.1. The summed E-state index contributed by atoms with van der Waals surface area (Å²) in [6.07, 6.45) is 0. The molecule has 0 unspecified atom stereocenters. The molecular formula is C11H15N3O2. The van der Waals surface area contributed by atoms with E-state index in [9.17, 15) is 4.79 Å². The summed E-state index contributed by atoms with van der Waals surface area (Å²) >= 11 is 0. The van der Waals surface area contributed by atoms with Gasteiger partial charge in [0, 0.05) is 31.5 Å². The Balaban J connectivity index is 2.24. The number of urea groups is 1. The number of anilines is 2. The van der Waals surface area contributed by atoms with Crippen LogP contribution in [0.15, 0.2) is 18.2 Å². The number of hydrogen-bond donors (Lipinski definition) is 3. The van der Waals surface area contributed by atoms with E-state index in [0.717, 1.165) is 16.9 Å². The van der Waals surface area contributed by atoms with Gasteiger partial charge in [-0.3, -0.25) is 0 Å². The lowest BCUT2D eigenvalue weighted by molar-refractivity contribution is 0.183. The maximum absolute atomic E-state index is 11.6. The van der Waals surface area contributed by atoms with Gasteiger partial charge in [0.1, 0.15) is 0 Å². The van der Waals surface area contributed by atoms with Crippen molar-refractivity contribution in [2.45, 2.75) is 6.54 Å². The minimum atomic E-state index is -0.158. The summed E-state index contributed by atoms with van der Waals surface area (Å²) in [6, 6.07) is 5.69. The fourth-order valence-electron chi connectivity index (χ4n) is 1.76. The largest absolute Gasteiger partial charge is 0.395 e. The number of carbonyl (C=O) groups is 1. The Bertz CT molecular complexity index is 406. The summed E-state index contributed by atoms with van der Waals surface area (Å²) < 4.78 is 0. The molecule has 2 amide bonds. The Labute approximate surface area is 94.1 Å². The Kier molecular flexibility index (Phi) is 2.96. The van der Waals surface area contributed by atoms with Crippen LogP contribution in [0.25, 0.3) is 0 Å². The molecule has 3 N–H and O–H groups in total. The van der Waals surface area contributed by atoms with Gasteiger partial charge in [-0.2, -0.15) is 0 Å². The van der Waals surface area contributed by atoms with Crippen LogP contribution >= 0.6 is 0 Å². The average Bonchev–Trinajstić information content (AvgIpc) is 2.30. The van der Waals surface area contributed by atoms with Gasteiger partial charge in [-0.25, -0.2) is 4.79 Å². The number of carbonyl (C=O) groups excluding carboxylic acids is 1. The second-order valence-corrected chi connectivity index (χ2v) is 3.70. The predicted molar refractivity (Wildman–Crippen MR) is 62.5 cm³/mol. The Hall–Kier alpha value is -1.75. The summed E-state index contributed by atoms with van der Waals surface area (Å²) in [5, 5.41) is 14.7. The first-order valence-electron chi connectivity index (χ1n) is 5.22. The molecule has 1 aromatic rings. The van der Waals surface area contributed by atoms with E-state index < -0.39 is 0 Å². The maximum Gasteiger partial charge on any atom is 0.322 e. The van der Waals surface area contributed by atoms with Crippen LogP contribution in [-0.2, 0) is 6.54 Å². The zero-order chi connectivity index (χ0) is 11.5. The lowest BCUT2D eigenvalue weighted by Gasteiger charge is -2.29. The number of aliphatic hydroxyl groups is 1. The number of aliphatic hydroxyl groups excluding tert-OH is 1. The summed E-state index contributed by atoms with van der Waals surface area (Å²) in [7, 11) is 1.84. The van der Waals surface area contributed by atoms with E-state index in [4.69, 9.17) is 5.11 Å². The molecule has 2 rings (SSSR count). The molecule has 0 fully saturated rings. The number of nitrogens with one attached hydrogen (secondary N) is 2. The molecule has 0 atom stereocenters. The predicted octanol–water partition coefficient (Wildman–Crippen LogP) is 1.07. The minimum Gasteiger partial charge on any atom is -0.395 e. The molecule has 0 saturated heterocycles. The Morgan fingerprint density at radius 2 is 2.38 bits per heavy atom. The molecular weight excluding hydrogens is 206 g/mol. The highest BCUT2D eigenvalue weighted by Crippen LogP contribution is 2.26. The van der Waals surface area contributed by atoms with Crippen molar-refractivity contribution in [2.24, 2.45) is 0 Å². The monoisotopic (exact) mass is 221 g/mol. The molecule has 0 bridgehead atoms. The van der Waals surface area contributed by atoms with E-state index in [1.54, 1.807) is 4.90 Å². The molecule has 1 heterocycles. The van der Waals surface area contributed by atoms with Gasteiger partial charge in [-0.1, -0.05) is 6.07 Å². The van der Waals surface area contributed by atoms with Crippen LogP contribution in [0, 0.1) is 0 Å². The van der Waals surface area contributed by atoms with E-state index in [2.05, 4.69) is 10.6 Å². The van der Waals surface area contributed by atoms with Gasteiger partial charge in [-0.15, -0.1) is 0 Å². The van der Waals surface area contributed by atoms with Gasteiger partial charge in [0.2, 0.25) is 0 Å². The van der Waals surface area contributed by atoms with Gasteiger partial charge in [0.05, 0.1) is 6.61 Å². The zero-order valence-corrected chi connectivity index (χ0v) is 9.16. The van der Waals surface area contributed by atoms with Gasteiger partial charge < -0.3 is 20.6 Å². The van der Waals surface area contributed by atoms with Crippen molar-refractivity contribution in [2.75, 3.05) is 30.8 Å². The van der Waals surface area contributed by atoms with Crippen molar-refractivity contribution in [1.82, 2.24) is 4.90 Å². The fourth-order valence-corrected chi connectivity index (χ4v) is 1.76. The van der Waals surface area contributed by atoms with E-state index in [0.29, 0.717) is 13.1 Å². The molecule has 86 valence electrons. The van der Waals surface area contributed by atoms with Crippen LogP contribution in [0.4, 0.5) is 16.2 Å². The van der Waals surface area contributed by atoms with Crippen molar-refractivity contribution in [1.29, 1.82) is 0 Å². The topological polar surface area (TPSA) is 64.6 Å². The van der Waals surface area contributed by atoms with Crippen LogP contribution in [-0.4, -0.2) is 36.2 Å². The van der Waals surface area contributed by atoms with E-state index in [1.165, 1.54) is 0 Å². The molecule has 0 spiro atoms. The molecule has 0 aliphatic carbocycles. The number of hydrogen-bond acceptors (Lipinski definition) is 3. The molecule has 0 saturated carbocycles. The lowest BCUT2D eigenvalue weighted by Crippen LogP contribution is -2.40. The smallest absolute Gasteiger partial charge is 0.322 e. The van der Waals surface area contributed by atoms with Crippen LogP contribution in [0.1, 0.15) is 5.56 Å². The normalized spacial score (nSPS) is 14.4. The number of nitrogens with zero attached hydrogens (tertiary/aromatic N) is 1. The minimum absolute atomic E-state index is 0.0165. The number of β-amino-alcohol motifs (C(OH)–C–C–N with tert-alkyl or cyclic N) is 1. The third kappa shape index (κ3) is 1.94. The Morgan fingerprint density at radius 3 is 3.06 bits per heavy atom. The first kappa shape index (κ1) is 10.8. The quantitative estimate of drug-likeness (QED) is 0.715. The first-order valence-corrected chi connectivity index (χ1v) is 5.22. The molecule has 5 heteroatoms. The molecule has 16 heavy (non-hydrogen) atoms. The van der Waals surface area contributed by atoms with E-state index >= 15 is 0 Å². The van der Waals surface area contributed by atoms with Gasteiger partial charge in [-0.05, 0) is 17.7 Å². The molecule has 1 aromatic carbocycles. The highest BCUT2D eigenvalue weighted by Gasteiger charge is 2.21. The molecule has 1 aliphatic heterocycles. The maximum atomic E-state index is 11.6.